The van der Waals surface area contributed by atoms with Gasteiger partial charge in [0.1, 0.15) is 18.2 Å². The smallest absolute Gasteiger partial charge is 0.421 e. The number of amides is 1. The molecular weight excluding hydrogens is 518 g/mol. The third-order valence-corrected chi connectivity index (χ3v) is 8.98. The van der Waals surface area contributed by atoms with Crippen LogP contribution in [0, 0.1) is 17.7 Å². The van der Waals surface area contributed by atoms with Crippen LogP contribution in [-0.2, 0) is 27.0 Å². The number of halogens is 4. The van der Waals surface area contributed by atoms with Gasteiger partial charge in [-0.25, -0.2) is 4.39 Å². The van der Waals surface area contributed by atoms with Crippen molar-refractivity contribution in [3.05, 3.63) is 65.0 Å². The first kappa shape index (κ1) is 27.4. The Balaban J connectivity index is 1.49. The summed E-state index contributed by atoms with van der Waals surface area (Å²) in [7, 11) is 0. The van der Waals surface area contributed by atoms with Gasteiger partial charge in [0.25, 0.3) is 0 Å². The number of carbonyl (C=O) groups is 2. The van der Waals surface area contributed by atoms with Gasteiger partial charge in [-0.3, -0.25) is 9.59 Å². The van der Waals surface area contributed by atoms with E-state index >= 15 is 0 Å². The molecule has 5 rings (SSSR count). The van der Waals surface area contributed by atoms with E-state index in [-0.39, 0.29) is 35.6 Å². The van der Waals surface area contributed by atoms with Gasteiger partial charge >= 0.3 is 12.1 Å². The standard InChI is InChI=1S/C29H31F4NO5/c1-27(38,29(31,32)33)20-8-11-22-23(14-20)39-16-24-28(22,15-17-2-9-21(30)10-3-17)12-13-34(24)25(35)18-4-6-19(7-5-18)26(36)37/h2-3,8-11,14,18-19,24,38H,4-7,12-13,15-16H2,1H3,(H,36,37)/t18-,19-,24?,27?,28?. The molecule has 2 heterocycles. The Morgan fingerprint density at radius 2 is 1.69 bits per heavy atom. The summed E-state index contributed by atoms with van der Waals surface area (Å²) in [6.07, 6.45) is -2.11. The van der Waals surface area contributed by atoms with E-state index in [0.717, 1.165) is 5.56 Å². The zero-order valence-electron chi connectivity index (χ0n) is 21.5. The van der Waals surface area contributed by atoms with Crippen molar-refractivity contribution in [2.45, 2.75) is 68.7 Å². The predicted octanol–water partition coefficient (Wildman–Crippen LogP) is 4.96. The van der Waals surface area contributed by atoms with E-state index in [2.05, 4.69) is 0 Å². The third-order valence-electron chi connectivity index (χ3n) is 8.98. The van der Waals surface area contributed by atoms with Gasteiger partial charge in [0.2, 0.25) is 5.91 Å². The lowest BCUT2D eigenvalue weighted by Gasteiger charge is -2.44. The highest BCUT2D eigenvalue weighted by molar-refractivity contribution is 5.81. The van der Waals surface area contributed by atoms with Gasteiger partial charge in [0.15, 0.2) is 5.60 Å². The number of hydrogen-bond acceptors (Lipinski definition) is 4. The number of benzene rings is 2. The number of aliphatic carboxylic acids is 1. The van der Waals surface area contributed by atoms with Crippen molar-refractivity contribution in [1.29, 1.82) is 0 Å². The van der Waals surface area contributed by atoms with Gasteiger partial charge < -0.3 is 19.8 Å². The minimum atomic E-state index is -4.89. The van der Waals surface area contributed by atoms with Crippen LogP contribution in [0.1, 0.15) is 55.7 Å². The molecule has 1 saturated heterocycles. The molecule has 2 aromatic rings. The molecule has 10 heteroatoms. The molecule has 210 valence electrons. The van der Waals surface area contributed by atoms with E-state index in [1.165, 1.54) is 24.3 Å². The molecule has 39 heavy (non-hydrogen) atoms. The van der Waals surface area contributed by atoms with E-state index in [1.807, 2.05) is 0 Å². The molecule has 2 fully saturated rings. The highest BCUT2D eigenvalue weighted by Crippen LogP contribution is 2.51. The number of ether oxygens (including phenoxy) is 1. The van der Waals surface area contributed by atoms with Crippen LogP contribution in [0.15, 0.2) is 42.5 Å². The Bertz CT molecular complexity index is 1250. The Kier molecular flexibility index (Phi) is 6.89. The van der Waals surface area contributed by atoms with Crippen LogP contribution in [0.5, 0.6) is 5.75 Å². The number of alkyl halides is 3. The van der Waals surface area contributed by atoms with Gasteiger partial charge in [-0.05, 0) is 74.8 Å². The maximum atomic E-state index is 13.7. The lowest BCUT2D eigenvalue weighted by molar-refractivity contribution is -0.258. The fourth-order valence-electron chi connectivity index (χ4n) is 6.55. The van der Waals surface area contributed by atoms with Crippen LogP contribution in [0.3, 0.4) is 0 Å². The van der Waals surface area contributed by atoms with Crippen molar-refractivity contribution in [3.8, 4) is 5.75 Å². The van der Waals surface area contributed by atoms with Crippen molar-refractivity contribution < 1.29 is 42.1 Å². The van der Waals surface area contributed by atoms with Crippen LogP contribution < -0.4 is 4.74 Å². The molecule has 2 aliphatic heterocycles. The molecule has 2 N–H and O–H groups in total. The van der Waals surface area contributed by atoms with Crippen LogP contribution >= 0.6 is 0 Å². The molecule has 0 radical (unpaired) electrons. The maximum absolute atomic E-state index is 13.7. The number of nitrogens with zero attached hydrogens (tertiary/aromatic N) is 1. The second-order valence-electron chi connectivity index (χ2n) is 11.2. The highest BCUT2D eigenvalue weighted by Gasteiger charge is 2.56. The summed E-state index contributed by atoms with van der Waals surface area (Å²) >= 11 is 0. The number of carboxylic acids is 1. The van der Waals surface area contributed by atoms with Gasteiger partial charge in [-0.15, -0.1) is 0 Å². The summed E-state index contributed by atoms with van der Waals surface area (Å²) < 4.78 is 60.3. The van der Waals surface area contributed by atoms with E-state index in [0.29, 0.717) is 57.6 Å². The Morgan fingerprint density at radius 3 is 2.31 bits per heavy atom. The fraction of sp³-hybridized carbons (Fsp3) is 0.517. The Labute approximate surface area is 223 Å². The van der Waals surface area contributed by atoms with Crippen LogP contribution in [0.2, 0.25) is 0 Å². The van der Waals surface area contributed by atoms with Gasteiger partial charge in [0, 0.05) is 23.4 Å². The zero-order valence-corrected chi connectivity index (χ0v) is 21.5. The van der Waals surface area contributed by atoms with Crippen LogP contribution in [0.25, 0.3) is 0 Å². The monoisotopic (exact) mass is 549 g/mol. The Hall–Kier alpha value is -3.14. The molecule has 0 spiro atoms. The SMILES string of the molecule is CC(O)(c1ccc2c(c1)OCC1N(C(=O)[C@H]3CC[C@H](C(=O)O)CC3)CCC21Cc1ccc(F)cc1)C(F)(F)F. The van der Waals surface area contributed by atoms with Crippen LogP contribution in [-0.4, -0.2) is 52.4 Å². The minimum Gasteiger partial charge on any atom is -0.491 e. The summed E-state index contributed by atoms with van der Waals surface area (Å²) in [4.78, 5) is 26.8. The Morgan fingerprint density at radius 1 is 1.05 bits per heavy atom. The van der Waals surface area contributed by atoms with E-state index in [4.69, 9.17) is 4.74 Å². The number of carboxylic acid groups (broad SMARTS) is 1. The maximum Gasteiger partial charge on any atom is 0.421 e. The molecule has 3 aliphatic rings. The number of rotatable bonds is 5. The van der Waals surface area contributed by atoms with Crippen molar-refractivity contribution in [1.82, 2.24) is 4.90 Å². The highest BCUT2D eigenvalue weighted by atomic mass is 19.4. The topological polar surface area (TPSA) is 87.1 Å². The second-order valence-corrected chi connectivity index (χ2v) is 11.2. The van der Waals surface area contributed by atoms with Gasteiger partial charge in [-0.1, -0.05) is 24.3 Å². The quantitative estimate of drug-likeness (QED) is 0.515. The molecule has 0 bridgehead atoms. The third kappa shape index (κ3) is 4.77. The second kappa shape index (κ2) is 9.80. The average Bonchev–Trinajstić information content (AvgIpc) is 3.28. The molecule has 1 amide bonds. The summed E-state index contributed by atoms with van der Waals surface area (Å²) in [5.74, 6) is -1.81. The first-order valence-corrected chi connectivity index (χ1v) is 13.2. The largest absolute Gasteiger partial charge is 0.491 e. The van der Waals surface area contributed by atoms with Crippen molar-refractivity contribution in [2.75, 3.05) is 13.2 Å². The molecule has 3 unspecified atom stereocenters. The summed E-state index contributed by atoms with van der Waals surface area (Å²) in [5, 5.41) is 19.6. The van der Waals surface area contributed by atoms with E-state index in [9.17, 15) is 37.4 Å². The van der Waals surface area contributed by atoms with E-state index < -0.39 is 35.1 Å². The molecule has 1 saturated carbocycles. The molecule has 1 aliphatic carbocycles. The molecular formula is C29H31F4NO5. The minimum absolute atomic E-state index is 0.0576. The van der Waals surface area contributed by atoms with E-state index in [1.54, 1.807) is 23.1 Å². The molecule has 2 aromatic carbocycles. The van der Waals surface area contributed by atoms with Gasteiger partial charge in [-0.2, -0.15) is 13.2 Å². The lowest BCUT2D eigenvalue weighted by atomic mass is 9.68. The van der Waals surface area contributed by atoms with Crippen LogP contribution in [0.4, 0.5) is 17.6 Å². The predicted molar refractivity (Wildman–Crippen MR) is 133 cm³/mol. The van der Waals surface area contributed by atoms with Gasteiger partial charge in [0.05, 0.1) is 12.0 Å². The number of likely N-dealkylation sites (tertiary alicyclic amines) is 1. The number of carbonyl (C=O) groups excluding carboxylic acids is 1. The summed E-state index contributed by atoms with van der Waals surface area (Å²) in [5.41, 5.74) is -2.64. The lowest BCUT2D eigenvalue weighted by Crippen LogP contribution is -2.53. The average molecular weight is 550 g/mol. The number of aliphatic hydroxyl groups is 1. The zero-order chi connectivity index (χ0) is 28.2. The first-order valence-electron chi connectivity index (χ1n) is 13.2. The summed E-state index contributed by atoms with van der Waals surface area (Å²) in [6, 6.07) is 9.65. The van der Waals surface area contributed by atoms with Crippen molar-refractivity contribution in [3.63, 3.8) is 0 Å². The molecule has 6 nitrogen and oxygen atoms in total. The first-order chi connectivity index (χ1) is 18.3. The molecule has 0 aromatic heterocycles. The number of hydrogen-bond donors (Lipinski definition) is 2. The van der Waals surface area contributed by atoms with Crippen molar-refractivity contribution >= 4 is 11.9 Å². The summed E-state index contributed by atoms with van der Waals surface area (Å²) in [6.45, 7) is 1.17. The number of fused-ring (bicyclic) bond motifs is 3. The molecule has 3 atom stereocenters. The normalized spacial score (nSPS) is 28.2. The van der Waals surface area contributed by atoms with Crippen molar-refractivity contribution in [2.24, 2.45) is 11.8 Å². The fourth-order valence-corrected chi connectivity index (χ4v) is 6.55.